The van der Waals surface area contributed by atoms with Gasteiger partial charge >= 0.3 is 5.97 Å². The molecule has 25 heavy (non-hydrogen) atoms. The molecule has 0 atom stereocenters. The second-order valence-electron chi connectivity index (χ2n) is 4.81. The maximum Gasteiger partial charge on any atom is 0.331 e. The van der Waals surface area contributed by atoms with Crippen LogP contribution in [0.15, 0.2) is 42.6 Å². The summed E-state index contributed by atoms with van der Waals surface area (Å²) in [4.78, 5) is 26.1. The monoisotopic (exact) mass is 340 g/mol. The number of rotatable bonds is 8. The lowest BCUT2D eigenvalue weighted by Gasteiger charge is -2.08. The average Bonchev–Trinajstić information content (AvgIpc) is 3.17. The van der Waals surface area contributed by atoms with Gasteiger partial charge in [-0.15, -0.1) is 0 Å². The number of esters is 1. The number of H-pyrrole nitrogens is 1. The molecule has 0 radical (unpaired) electrons. The van der Waals surface area contributed by atoms with Gasteiger partial charge in [0.05, 0.1) is 12.8 Å². The maximum atomic E-state index is 11.7. The zero-order chi connectivity index (χ0) is 18.1. The smallest absolute Gasteiger partial charge is 0.331 e. The first kappa shape index (κ1) is 17.8. The number of ether oxygens (including phenoxy) is 3. The Kier molecular flexibility index (Phi) is 6.37. The van der Waals surface area contributed by atoms with E-state index in [-0.39, 0.29) is 19.0 Å². The number of methoxy groups -OCH3 is 1. The number of aromatic amines is 1. The van der Waals surface area contributed by atoms with Crippen LogP contribution in [0.25, 0.3) is 6.08 Å². The lowest BCUT2D eigenvalue weighted by Crippen LogP contribution is -2.12. The molecule has 7 heteroatoms. The Labute approximate surface area is 144 Å². The summed E-state index contributed by atoms with van der Waals surface area (Å²) in [6, 6.07) is 10.2. The lowest BCUT2D eigenvalue weighted by molar-refractivity contribution is -0.136. The zero-order valence-electron chi connectivity index (χ0n) is 13.5. The van der Waals surface area contributed by atoms with Crippen molar-refractivity contribution < 1.29 is 23.8 Å². The number of nitriles is 1. The van der Waals surface area contributed by atoms with Crippen molar-refractivity contribution in [3.63, 3.8) is 0 Å². The van der Waals surface area contributed by atoms with Gasteiger partial charge in [0.15, 0.2) is 24.7 Å². The van der Waals surface area contributed by atoms with Crippen molar-refractivity contribution in [1.29, 1.82) is 5.26 Å². The van der Waals surface area contributed by atoms with E-state index >= 15 is 0 Å². The van der Waals surface area contributed by atoms with E-state index in [2.05, 4.69) is 4.98 Å². The van der Waals surface area contributed by atoms with Gasteiger partial charge in [-0.1, -0.05) is 6.07 Å². The van der Waals surface area contributed by atoms with Gasteiger partial charge in [-0.05, 0) is 35.9 Å². The molecule has 2 rings (SSSR count). The SMILES string of the molecule is COc1cc(C=CC(=O)OCC(=O)c2ccc[nH]2)ccc1OCC#N. The van der Waals surface area contributed by atoms with Crippen molar-refractivity contribution in [3.8, 4) is 17.6 Å². The van der Waals surface area contributed by atoms with Gasteiger partial charge in [-0.2, -0.15) is 5.26 Å². The first-order valence-electron chi connectivity index (χ1n) is 7.33. The molecule has 1 aromatic heterocycles. The lowest BCUT2D eigenvalue weighted by atomic mass is 10.2. The molecule has 128 valence electrons. The fourth-order valence-electron chi connectivity index (χ4n) is 1.95. The maximum absolute atomic E-state index is 11.7. The summed E-state index contributed by atoms with van der Waals surface area (Å²) in [6.45, 7) is -0.430. The number of nitrogens with zero attached hydrogens (tertiary/aromatic N) is 1. The highest BCUT2D eigenvalue weighted by Gasteiger charge is 2.09. The molecular weight excluding hydrogens is 324 g/mol. The third-order valence-corrected chi connectivity index (χ3v) is 3.14. The van der Waals surface area contributed by atoms with E-state index in [0.717, 1.165) is 0 Å². The highest BCUT2D eigenvalue weighted by Crippen LogP contribution is 2.28. The third-order valence-electron chi connectivity index (χ3n) is 3.14. The van der Waals surface area contributed by atoms with Gasteiger partial charge in [-0.3, -0.25) is 4.79 Å². The second-order valence-corrected chi connectivity index (χ2v) is 4.81. The molecule has 0 spiro atoms. The number of ketones is 1. The van der Waals surface area contributed by atoms with Gasteiger partial charge < -0.3 is 19.2 Å². The summed E-state index contributed by atoms with van der Waals surface area (Å²) in [6.07, 6.45) is 4.36. The van der Waals surface area contributed by atoms with Crippen LogP contribution in [0, 0.1) is 11.3 Å². The zero-order valence-corrected chi connectivity index (χ0v) is 13.5. The summed E-state index contributed by atoms with van der Waals surface area (Å²) >= 11 is 0. The molecule has 2 aromatic rings. The minimum Gasteiger partial charge on any atom is -0.493 e. The molecule has 1 N–H and O–H groups in total. The van der Waals surface area contributed by atoms with Crippen molar-refractivity contribution in [2.45, 2.75) is 0 Å². The van der Waals surface area contributed by atoms with E-state index in [1.54, 1.807) is 36.5 Å². The summed E-state index contributed by atoms with van der Waals surface area (Å²) in [5.41, 5.74) is 1.06. The number of hydrogen-bond donors (Lipinski definition) is 1. The third kappa shape index (κ3) is 5.25. The fourth-order valence-corrected chi connectivity index (χ4v) is 1.95. The number of carbonyl (C=O) groups is 2. The Morgan fingerprint density at radius 3 is 2.80 bits per heavy atom. The highest BCUT2D eigenvalue weighted by atomic mass is 16.5. The molecule has 0 bridgehead atoms. The predicted molar refractivity (Wildman–Crippen MR) is 89.2 cm³/mol. The van der Waals surface area contributed by atoms with E-state index in [1.807, 2.05) is 6.07 Å². The number of carbonyl (C=O) groups excluding carboxylic acids is 2. The van der Waals surface area contributed by atoms with E-state index in [1.165, 1.54) is 19.3 Å². The minimum atomic E-state index is -0.635. The second kappa shape index (κ2) is 8.93. The Bertz CT molecular complexity index is 803. The van der Waals surface area contributed by atoms with Crippen LogP contribution in [0.5, 0.6) is 11.5 Å². The number of hydrogen-bond acceptors (Lipinski definition) is 6. The van der Waals surface area contributed by atoms with Crippen LogP contribution < -0.4 is 9.47 Å². The fraction of sp³-hybridized carbons (Fsp3) is 0.167. The van der Waals surface area contributed by atoms with Crippen LogP contribution in [0.4, 0.5) is 0 Å². The molecule has 0 aliphatic rings. The van der Waals surface area contributed by atoms with Gasteiger partial charge in [0, 0.05) is 12.3 Å². The molecule has 0 unspecified atom stereocenters. The summed E-state index contributed by atoms with van der Waals surface area (Å²) in [5.74, 6) is -0.0795. The molecule has 0 amide bonds. The minimum absolute atomic E-state index is 0.0906. The molecule has 0 saturated carbocycles. The molecule has 0 saturated heterocycles. The van der Waals surface area contributed by atoms with Crippen LogP contribution in [-0.4, -0.2) is 37.1 Å². The number of aromatic nitrogens is 1. The molecular formula is C18H16N2O5. The Balaban J connectivity index is 1.93. The number of Topliss-reactive ketones (excluding diaryl/α,β-unsaturated/α-hetero) is 1. The first-order valence-corrected chi connectivity index (χ1v) is 7.33. The van der Waals surface area contributed by atoms with Gasteiger partial charge in [0.1, 0.15) is 6.07 Å². The average molecular weight is 340 g/mol. The van der Waals surface area contributed by atoms with Gasteiger partial charge in [0.2, 0.25) is 5.78 Å². The van der Waals surface area contributed by atoms with E-state index in [9.17, 15) is 9.59 Å². The van der Waals surface area contributed by atoms with Crippen LogP contribution >= 0.6 is 0 Å². The van der Waals surface area contributed by atoms with Crippen LogP contribution in [-0.2, 0) is 9.53 Å². The topological polar surface area (TPSA) is 101 Å². The van der Waals surface area contributed by atoms with Crippen molar-refractivity contribution in [1.82, 2.24) is 4.98 Å². The first-order chi connectivity index (χ1) is 12.1. The van der Waals surface area contributed by atoms with E-state index in [4.69, 9.17) is 19.5 Å². The Morgan fingerprint density at radius 2 is 2.12 bits per heavy atom. The molecule has 0 aliphatic carbocycles. The van der Waals surface area contributed by atoms with Crippen molar-refractivity contribution in [2.24, 2.45) is 0 Å². The van der Waals surface area contributed by atoms with E-state index in [0.29, 0.717) is 22.8 Å². The van der Waals surface area contributed by atoms with Crippen LogP contribution in [0.1, 0.15) is 16.1 Å². The molecule has 1 heterocycles. The predicted octanol–water partition coefficient (Wildman–Crippen LogP) is 2.36. The van der Waals surface area contributed by atoms with Gasteiger partial charge in [0.25, 0.3) is 0 Å². The Hall–Kier alpha value is -3.53. The van der Waals surface area contributed by atoms with E-state index < -0.39 is 5.97 Å². The largest absolute Gasteiger partial charge is 0.493 e. The van der Waals surface area contributed by atoms with Crippen molar-refractivity contribution in [2.75, 3.05) is 20.3 Å². The van der Waals surface area contributed by atoms with Crippen molar-refractivity contribution in [3.05, 3.63) is 53.9 Å². The molecule has 0 aliphatic heterocycles. The summed E-state index contributed by atoms with van der Waals surface area (Å²) in [7, 11) is 1.47. The standard InChI is InChI=1S/C18H16N2O5/c1-23-17-11-13(4-6-16(17)24-10-8-19)5-7-18(22)25-12-15(21)14-3-2-9-20-14/h2-7,9,11,20H,10,12H2,1H3. The summed E-state index contributed by atoms with van der Waals surface area (Å²) in [5, 5.41) is 8.54. The normalized spacial score (nSPS) is 10.2. The summed E-state index contributed by atoms with van der Waals surface area (Å²) < 4.78 is 15.3. The molecule has 1 aromatic carbocycles. The molecule has 0 fully saturated rings. The number of benzene rings is 1. The van der Waals surface area contributed by atoms with Crippen LogP contribution in [0.2, 0.25) is 0 Å². The van der Waals surface area contributed by atoms with Crippen LogP contribution in [0.3, 0.4) is 0 Å². The number of nitrogens with one attached hydrogen (secondary N) is 1. The van der Waals surface area contributed by atoms with Gasteiger partial charge in [-0.25, -0.2) is 4.79 Å². The quantitative estimate of drug-likeness (QED) is 0.450. The Morgan fingerprint density at radius 1 is 1.28 bits per heavy atom. The van der Waals surface area contributed by atoms with Crippen molar-refractivity contribution >= 4 is 17.8 Å². The highest BCUT2D eigenvalue weighted by molar-refractivity contribution is 5.97. The molecule has 7 nitrogen and oxygen atoms in total.